The normalized spacial score (nSPS) is 15.7. The van der Waals surface area contributed by atoms with Gasteiger partial charge in [-0.1, -0.05) is 25.1 Å². The minimum Gasteiger partial charge on any atom is -0.497 e. The molecule has 0 amide bonds. The molecule has 0 aliphatic heterocycles. The van der Waals surface area contributed by atoms with E-state index in [1.807, 2.05) is 12.1 Å². The predicted molar refractivity (Wildman–Crippen MR) is 124 cm³/mol. The van der Waals surface area contributed by atoms with E-state index in [1.54, 1.807) is 7.11 Å². The van der Waals surface area contributed by atoms with E-state index in [4.69, 9.17) is 4.74 Å². The Bertz CT molecular complexity index is 1100. The van der Waals surface area contributed by atoms with Crippen LogP contribution in [0.4, 0.5) is 0 Å². The molecule has 3 aromatic rings. The van der Waals surface area contributed by atoms with E-state index in [0.29, 0.717) is 6.04 Å². The number of methoxy groups -OCH3 is 2. The predicted octanol–water partition coefficient (Wildman–Crippen LogP) is 4.91. The van der Waals surface area contributed by atoms with Crippen molar-refractivity contribution < 1.29 is 14.3 Å². The maximum Gasteiger partial charge on any atom is 0.330 e. The minimum absolute atomic E-state index is 0.328. The van der Waals surface area contributed by atoms with Crippen LogP contribution in [0.1, 0.15) is 41.6 Å². The van der Waals surface area contributed by atoms with Crippen LogP contribution in [0.15, 0.2) is 48.7 Å². The Hall–Kier alpha value is -3.05. The number of nitrogens with zero attached hydrogens (tertiary/aromatic N) is 1. The summed E-state index contributed by atoms with van der Waals surface area (Å²) in [6.45, 7) is 4.28. The highest BCUT2D eigenvalue weighted by Gasteiger charge is 2.27. The maximum absolute atomic E-state index is 11.4. The van der Waals surface area contributed by atoms with Gasteiger partial charge >= 0.3 is 5.97 Å². The van der Waals surface area contributed by atoms with Gasteiger partial charge in [-0.3, -0.25) is 4.90 Å². The Labute approximate surface area is 183 Å². The fourth-order valence-corrected chi connectivity index (χ4v) is 4.63. The lowest BCUT2D eigenvalue weighted by molar-refractivity contribution is -0.134. The molecule has 5 heteroatoms. The van der Waals surface area contributed by atoms with Crippen molar-refractivity contribution in [3.05, 3.63) is 70.9 Å². The van der Waals surface area contributed by atoms with Crippen LogP contribution >= 0.6 is 0 Å². The van der Waals surface area contributed by atoms with Crippen LogP contribution < -0.4 is 4.74 Å². The summed E-state index contributed by atoms with van der Waals surface area (Å²) in [5, 5.41) is 1.27. The van der Waals surface area contributed by atoms with Gasteiger partial charge in [-0.15, -0.1) is 0 Å². The topological polar surface area (TPSA) is 54.6 Å². The fourth-order valence-electron chi connectivity index (χ4n) is 4.63. The zero-order valence-electron chi connectivity index (χ0n) is 18.5. The Kier molecular flexibility index (Phi) is 6.42. The van der Waals surface area contributed by atoms with Gasteiger partial charge in [0.2, 0.25) is 0 Å². The number of likely N-dealkylation sites (N-methyl/N-ethyl adjacent to an activating group) is 1. The summed E-state index contributed by atoms with van der Waals surface area (Å²) in [5.41, 5.74) is 6.31. The van der Waals surface area contributed by atoms with E-state index in [2.05, 4.69) is 58.1 Å². The first-order valence-corrected chi connectivity index (χ1v) is 10.9. The quantitative estimate of drug-likeness (QED) is 0.417. The van der Waals surface area contributed by atoms with Crippen LogP contribution in [-0.2, 0) is 22.4 Å². The summed E-state index contributed by atoms with van der Waals surface area (Å²) in [7, 11) is 3.09. The molecule has 0 bridgehead atoms. The van der Waals surface area contributed by atoms with Gasteiger partial charge in [0.05, 0.1) is 14.2 Å². The zero-order chi connectivity index (χ0) is 21.8. The number of aromatic nitrogens is 1. The lowest BCUT2D eigenvalue weighted by Crippen LogP contribution is -2.29. The van der Waals surface area contributed by atoms with Crippen LogP contribution in [0.3, 0.4) is 0 Å². The third-order valence-corrected chi connectivity index (χ3v) is 6.32. The Balaban J connectivity index is 1.46. The number of nitrogens with one attached hydrogen (secondary N) is 1. The number of ether oxygens (including phenoxy) is 2. The average Bonchev–Trinajstić information content (AvgIpc) is 3.41. The lowest BCUT2D eigenvalue weighted by Gasteiger charge is -2.28. The van der Waals surface area contributed by atoms with E-state index in [1.165, 1.54) is 35.3 Å². The molecule has 0 spiro atoms. The van der Waals surface area contributed by atoms with Crippen molar-refractivity contribution in [3.63, 3.8) is 0 Å². The Morgan fingerprint density at radius 3 is 2.87 bits per heavy atom. The highest BCUT2D eigenvalue weighted by atomic mass is 16.5. The molecule has 1 aliphatic carbocycles. The van der Waals surface area contributed by atoms with Crippen LogP contribution in [-0.4, -0.2) is 43.2 Å². The van der Waals surface area contributed by atoms with Gasteiger partial charge in [0.25, 0.3) is 0 Å². The molecule has 162 valence electrons. The van der Waals surface area contributed by atoms with Crippen molar-refractivity contribution in [3.8, 4) is 5.75 Å². The first-order valence-electron chi connectivity index (χ1n) is 10.9. The van der Waals surface area contributed by atoms with Crippen molar-refractivity contribution in [1.29, 1.82) is 0 Å². The van der Waals surface area contributed by atoms with Crippen LogP contribution in [0.5, 0.6) is 5.75 Å². The Morgan fingerprint density at radius 2 is 2.10 bits per heavy atom. The fraction of sp³-hybridized carbons (Fsp3) is 0.346. The number of fused-ring (bicyclic) bond motifs is 2. The average molecular weight is 419 g/mol. The molecule has 0 radical (unpaired) electrons. The molecular formula is C26H30N2O3. The van der Waals surface area contributed by atoms with Gasteiger partial charge in [0, 0.05) is 41.8 Å². The second kappa shape index (κ2) is 9.40. The summed E-state index contributed by atoms with van der Waals surface area (Å²) in [5.74, 6) is 0.547. The van der Waals surface area contributed by atoms with Gasteiger partial charge in [0.1, 0.15) is 5.75 Å². The molecule has 1 N–H and O–H groups in total. The van der Waals surface area contributed by atoms with E-state index in [-0.39, 0.29) is 5.97 Å². The first kappa shape index (κ1) is 21.2. The molecule has 1 aliphatic rings. The summed E-state index contributed by atoms with van der Waals surface area (Å²) in [6.07, 6.45) is 8.64. The molecule has 1 unspecified atom stereocenters. The monoisotopic (exact) mass is 418 g/mol. The number of hydrogen-bond donors (Lipinski definition) is 1. The SMILES string of the molecule is CCN(CCc1c[nH]c2cc(OC)ccc12)C1CCc2cc(/C=C/C(=O)OC)ccc21. The maximum atomic E-state index is 11.4. The second-order valence-electron chi connectivity index (χ2n) is 7.97. The summed E-state index contributed by atoms with van der Waals surface area (Å²) < 4.78 is 10.0. The van der Waals surface area contributed by atoms with E-state index >= 15 is 0 Å². The van der Waals surface area contributed by atoms with Crippen molar-refractivity contribution in [1.82, 2.24) is 9.88 Å². The Morgan fingerprint density at radius 1 is 1.23 bits per heavy atom. The van der Waals surface area contributed by atoms with Gasteiger partial charge in [-0.2, -0.15) is 0 Å². The number of benzene rings is 2. The molecule has 1 atom stereocenters. The number of rotatable bonds is 8. The van der Waals surface area contributed by atoms with E-state index in [0.717, 1.165) is 49.2 Å². The number of aromatic amines is 1. The van der Waals surface area contributed by atoms with Crippen molar-refractivity contribution >= 4 is 22.9 Å². The van der Waals surface area contributed by atoms with Crippen molar-refractivity contribution in [2.24, 2.45) is 0 Å². The molecule has 2 aromatic carbocycles. The summed E-state index contributed by atoms with van der Waals surface area (Å²) in [4.78, 5) is 17.3. The first-order chi connectivity index (χ1) is 15.1. The largest absolute Gasteiger partial charge is 0.497 e. The molecule has 1 heterocycles. The molecule has 1 aromatic heterocycles. The van der Waals surface area contributed by atoms with Gasteiger partial charge in [-0.25, -0.2) is 4.79 Å². The molecule has 31 heavy (non-hydrogen) atoms. The molecular weight excluding hydrogens is 388 g/mol. The molecule has 5 nitrogen and oxygen atoms in total. The van der Waals surface area contributed by atoms with Crippen LogP contribution in [0.25, 0.3) is 17.0 Å². The minimum atomic E-state index is -0.328. The van der Waals surface area contributed by atoms with Gasteiger partial charge in [0.15, 0.2) is 0 Å². The zero-order valence-corrected chi connectivity index (χ0v) is 18.5. The van der Waals surface area contributed by atoms with Crippen molar-refractivity contribution in [2.45, 2.75) is 32.2 Å². The molecule has 0 saturated heterocycles. The number of carbonyl (C=O) groups is 1. The second-order valence-corrected chi connectivity index (χ2v) is 7.97. The summed E-state index contributed by atoms with van der Waals surface area (Å²) in [6, 6.07) is 13.2. The molecule has 0 fully saturated rings. The standard InChI is InChI=1S/C26H30N2O3/c1-4-28(14-13-20-17-27-24-16-21(30-2)8-10-22(20)24)25-11-7-19-15-18(5-9-23(19)25)6-12-26(29)31-3/h5-6,8-10,12,15-17,25,27H,4,7,11,13-14H2,1-3H3/b12-6+. The number of carbonyl (C=O) groups excluding carboxylic acids is 1. The lowest BCUT2D eigenvalue weighted by atomic mass is 10.0. The molecule has 4 rings (SSSR count). The third-order valence-electron chi connectivity index (χ3n) is 6.32. The number of aryl methyl sites for hydroxylation is 1. The van der Waals surface area contributed by atoms with E-state index in [9.17, 15) is 4.79 Å². The molecule has 0 saturated carbocycles. The number of hydrogen-bond acceptors (Lipinski definition) is 4. The smallest absolute Gasteiger partial charge is 0.330 e. The van der Waals surface area contributed by atoms with Crippen molar-refractivity contribution in [2.75, 3.05) is 27.3 Å². The van der Waals surface area contributed by atoms with Gasteiger partial charge in [-0.05, 0) is 66.3 Å². The highest BCUT2D eigenvalue weighted by molar-refractivity contribution is 5.87. The number of H-pyrrole nitrogens is 1. The third kappa shape index (κ3) is 4.52. The summed E-state index contributed by atoms with van der Waals surface area (Å²) >= 11 is 0. The van der Waals surface area contributed by atoms with Crippen LogP contribution in [0, 0.1) is 0 Å². The van der Waals surface area contributed by atoms with E-state index < -0.39 is 0 Å². The van der Waals surface area contributed by atoms with Gasteiger partial charge < -0.3 is 14.5 Å². The van der Waals surface area contributed by atoms with Crippen LogP contribution in [0.2, 0.25) is 0 Å². The number of esters is 1. The highest BCUT2D eigenvalue weighted by Crippen LogP contribution is 2.36.